The van der Waals surface area contributed by atoms with Crippen molar-refractivity contribution in [2.75, 3.05) is 16.8 Å². The van der Waals surface area contributed by atoms with Gasteiger partial charge in [-0.2, -0.15) is 0 Å². The van der Waals surface area contributed by atoms with Crippen LogP contribution in [0.1, 0.15) is 28.4 Å². The Morgan fingerprint density at radius 2 is 2.00 bits per heavy atom. The quantitative estimate of drug-likeness (QED) is 0.509. The molecule has 5 rings (SSSR count). The smallest absolute Gasteiger partial charge is 0.260 e. The molecule has 0 saturated heterocycles. The number of nitrogens with one attached hydrogen (secondary N) is 2. The third-order valence-corrected chi connectivity index (χ3v) is 5.81. The van der Waals surface area contributed by atoms with Crippen LogP contribution >= 0.6 is 0 Å². The van der Waals surface area contributed by atoms with Crippen molar-refractivity contribution in [3.8, 4) is 0 Å². The van der Waals surface area contributed by atoms with E-state index in [1.807, 2.05) is 35.2 Å². The van der Waals surface area contributed by atoms with Gasteiger partial charge >= 0.3 is 0 Å². The maximum Gasteiger partial charge on any atom is 0.260 e. The molecule has 0 aliphatic carbocycles. The highest BCUT2D eigenvalue weighted by Crippen LogP contribution is 2.33. The Morgan fingerprint density at radius 1 is 1.17 bits per heavy atom. The first-order valence-corrected chi connectivity index (χ1v) is 10.4. The largest absolute Gasteiger partial charge is 0.383 e. The van der Waals surface area contributed by atoms with Crippen molar-refractivity contribution in [3.05, 3.63) is 89.9 Å². The number of fused-ring (bicyclic) bond motifs is 2. The number of hydrogen-bond donors (Lipinski definition) is 2. The van der Waals surface area contributed by atoms with E-state index >= 15 is 0 Å². The first-order valence-electron chi connectivity index (χ1n) is 10.4. The lowest BCUT2D eigenvalue weighted by Crippen LogP contribution is -2.35. The summed E-state index contributed by atoms with van der Waals surface area (Å²) in [4.78, 5) is 22.7. The highest BCUT2D eigenvalue weighted by atomic mass is 16.2. The van der Waals surface area contributed by atoms with Crippen LogP contribution in [0.25, 0.3) is 10.9 Å². The summed E-state index contributed by atoms with van der Waals surface area (Å²) in [5.41, 5.74) is 6.13. The Labute approximate surface area is 175 Å². The maximum atomic E-state index is 13.2. The topological polar surface area (TPSA) is 61.0 Å². The molecule has 150 valence electrons. The summed E-state index contributed by atoms with van der Waals surface area (Å²) in [6.45, 7) is 2.86. The third kappa shape index (κ3) is 3.32. The van der Waals surface area contributed by atoms with Gasteiger partial charge in [0.15, 0.2) is 0 Å². The van der Waals surface area contributed by atoms with E-state index in [1.165, 1.54) is 16.5 Å². The van der Waals surface area contributed by atoms with Crippen LogP contribution in [0.4, 0.5) is 11.4 Å². The van der Waals surface area contributed by atoms with Crippen molar-refractivity contribution < 1.29 is 4.79 Å². The normalized spacial score (nSPS) is 15.4. The highest BCUT2D eigenvalue weighted by Gasteiger charge is 2.31. The van der Waals surface area contributed by atoms with Gasteiger partial charge in [-0.05, 0) is 49.1 Å². The van der Waals surface area contributed by atoms with Gasteiger partial charge in [0, 0.05) is 47.8 Å². The second kappa shape index (κ2) is 7.67. The number of rotatable bonds is 5. The number of anilines is 2. The van der Waals surface area contributed by atoms with Gasteiger partial charge < -0.3 is 15.2 Å². The second-order valence-electron chi connectivity index (χ2n) is 7.86. The number of pyridine rings is 1. The third-order valence-electron chi connectivity index (χ3n) is 5.81. The molecule has 1 aliphatic heterocycles. The molecule has 2 N–H and O–H groups in total. The number of amides is 1. The predicted molar refractivity (Wildman–Crippen MR) is 121 cm³/mol. The highest BCUT2D eigenvalue weighted by molar-refractivity contribution is 6.08. The van der Waals surface area contributed by atoms with E-state index in [0.717, 1.165) is 36.3 Å². The Kier molecular flexibility index (Phi) is 4.71. The number of aromatic amines is 1. The maximum absolute atomic E-state index is 13.2. The monoisotopic (exact) mass is 396 g/mol. The number of hydrogen-bond acceptors (Lipinski definition) is 3. The summed E-state index contributed by atoms with van der Waals surface area (Å²) < 4.78 is 0. The zero-order valence-corrected chi connectivity index (χ0v) is 16.9. The van der Waals surface area contributed by atoms with E-state index in [-0.39, 0.29) is 11.9 Å². The number of H-pyrrole nitrogens is 1. The zero-order valence-electron chi connectivity index (χ0n) is 16.9. The summed E-state index contributed by atoms with van der Waals surface area (Å²) in [5.74, 6) is 0.000212. The summed E-state index contributed by atoms with van der Waals surface area (Å²) in [5, 5.41) is 4.67. The van der Waals surface area contributed by atoms with Gasteiger partial charge in [0.1, 0.15) is 0 Å². The molecule has 5 heteroatoms. The van der Waals surface area contributed by atoms with Crippen molar-refractivity contribution in [1.82, 2.24) is 9.97 Å². The molecule has 0 spiro atoms. The van der Waals surface area contributed by atoms with Crippen LogP contribution in [0.3, 0.4) is 0 Å². The Morgan fingerprint density at radius 3 is 2.93 bits per heavy atom. The number of benzene rings is 2. The number of aromatic nitrogens is 2. The van der Waals surface area contributed by atoms with Crippen molar-refractivity contribution in [3.63, 3.8) is 0 Å². The molecule has 0 bridgehead atoms. The van der Waals surface area contributed by atoms with E-state index in [4.69, 9.17) is 0 Å². The molecule has 1 amide bonds. The fourth-order valence-corrected chi connectivity index (χ4v) is 4.35. The lowest BCUT2D eigenvalue weighted by Gasteiger charge is -2.23. The molecule has 0 radical (unpaired) electrons. The van der Waals surface area contributed by atoms with Gasteiger partial charge in [-0.1, -0.05) is 36.4 Å². The van der Waals surface area contributed by atoms with E-state index in [9.17, 15) is 4.79 Å². The van der Waals surface area contributed by atoms with E-state index in [2.05, 4.69) is 52.7 Å². The van der Waals surface area contributed by atoms with E-state index < -0.39 is 0 Å². The molecule has 5 nitrogen and oxygen atoms in total. The standard InChI is InChI=1S/C25H24N4O/c1-17-12-18-6-2-5-9-24(18)29(17)25(30)20-13-21(16-26-14-20)27-11-10-19-15-28-23-8-4-3-7-22(19)23/h2-9,13-17,27-28H,10-12H2,1H3. The van der Waals surface area contributed by atoms with Crippen LogP contribution in [0.15, 0.2) is 73.2 Å². The van der Waals surface area contributed by atoms with Crippen molar-refractivity contribution in [2.45, 2.75) is 25.8 Å². The van der Waals surface area contributed by atoms with E-state index in [1.54, 1.807) is 12.4 Å². The minimum atomic E-state index is 0.000212. The minimum Gasteiger partial charge on any atom is -0.383 e. The van der Waals surface area contributed by atoms with Gasteiger partial charge in [0.25, 0.3) is 5.91 Å². The minimum absolute atomic E-state index is 0.000212. The number of carbonyl (C=O) groups is 1. The Hall–Kier alpha value is -3.60. The van der Waals surface area contributed by atoms with Gasteiger partial charge in [-0.15, -0.1) is 0 Å². The molecular formula is C25H24N4O. The lowest BCUT2D eigenvalue weighted by molar-refractivity contribution is 0.0981. The van der Waals surface area contributed by atoms with Crippen molar-refractivity contribution >= 4 is 28.2 Å². The van der Waals surface area contributed by atoms with Gasteiger partial charge in [-0.25, -0.2) is 0 Å². The molecule has 1 unspecified atom stereocenters. The first-order chi connectivity index (χ1) is 14.7. The molecule has 3 heterocycles. The average molecular weight is 396 g/mol. The number of carbonyl (C=O) groups excluding carboxylic acids is 1. The van der Waals surface area contributed by atoms with Gasteiger partial charge in [-0.3, -0.25) is 9.78 Å². The Bertz CT molecular complexity index is 1210. The van der Waals surface area contributed by atoms with Gasteiger partial charge in [0.2, 0.25) is 0 Å². The summed E-state index contributed by atoms with van der Waals surface area (Å²) >= 11 is 0. The van der Waals surface area contributed by atoms with Crippen LogP contribution in [-0.2, 0) is 12.8 Å². The predicted octanol–water partition coefficient (Wildman–Crippen LogP) is 4.81. The molecule has 30 heavy (non-hydrogen) atoms. The molecule has 2 aromatic heterocycles. The van der Waals surface area contributed by atoms with Crippen LogP contribution in [0.2, 0.25) is 0 Å². The molecule has 4 aromatic rings. The van der Waals surface area contributed by atoms with E-state index in [0.29, 0.717) is 5.56 Å². The fraction of sp³-hybridized carbons (Fsp3) is 0.200. The summed E-state index contributed by atoms with van der Waals surface area (Å²) in [6, 6.07) is 18.5. The SMILES string of the molecule is CC1Cc2ccccc2N1C(=O)c1cncc(NCCc2c[nH]c3ccccc23)c1. The molecule has 0 saturated carbocycles. The molecule has 1 aliphatic rings. The van der Waals surface area contributed by atoms with Crippen LogP contribution in [-0.4, -0.2) is 28.5 Å². The first kappa shape index (κ1) is 18.4. The molecule has 2 aromatic carbocycles. The number of para-hydroxylation sites is 2. The molecule has 0 fully saturated rings. The van der Waals surface area contributed by atoms with Crippen LogP contribution < -0.4 is 10.2 Å². The van der Waals surface area contributed by atoms with Crippen LogP contribution in [0.5, 0.6) is 0 Å². The van der Waals surface area contributed by atoms with Crippen molar-refractivity contribution in [1.29, 1.82) is 0 Å². The summed E-state index contributed by atoms with van der Waals surface area (Å²) in [6.07, 6.45) is 7.27. The second-order valence-corrected chi connectivity index (χ2v) is 7.86. The van der Waals surface area contributed by atoms with Crippen LogP contribution in [0, 0.1) is 0 Å². The van der Waals surface area contributed by atoms with Crippen molar-refractivity contribution in [2.24, 2.45) is 0 Å². The Balaban J connectivity index is 1.29. The molecule has 1 atom stereocenters. The molecular weight excluding hydrogens is 372 g/mol. The lowest BCUT2D eigenvalue weighted by atomic mass is 10.1. The fourth-order valence-electron chi connectivity index (χ4n) is 4.35. The van der Waals surface area contributed by atoms with Gasteiger partial charge in [0.05, 0.1) is 11.3 Å². The summed E-state index contributed by atoms with van der Waals surface area (Å²) in [7, 11) is 0. The average Bonchev–Trinajstić information content (AvgIpc) is 3.33. The zero-order chi connectivity index (χ0) is 20.5. The number of nitrogens with zero attached hydrogens (tertiary/aromatic N) is 2.